The highest BCUT2D eigenvalue weighted by atomic mass is 32.2. The molecule has 0 N–H and O–H groups in total. The molecule has 0 aromatic carbocycles. The topological polar surface area (TPSA) is 17.1 Å². The SMILES string of the molecule is CCSC(=CC(C)=O)SCC. The molecule has 0 radical (unpaired) electrons. The highest BCUT2D eigenvalue weighted by Crippen LogP contribution is 2.27. The van der Waals surface area contributed by atoms with Gasteiger partial charge in [0, 0.05) is 10.3 Å². The number of carbonyl (C=O) groups is 1. The molecule has 0 spiro atoms. The van der Waals surface area contributed by atoms with E-state index in [2.05, 4.69) is 13.8 Å². The molecular formula is C8H14OS2. The van der Waals surface area contributed by atoms with Gasteiger partial charge in [-0.15, -0.1) is 23.5 Å². The van der Waals surface area contributed by atoms with Gasteiger partial charge >= 0.3 is 0 Å². The average molecular weight is 190 g/mol. The number of hydrogen-bond acceptors (Lipinski definition) is 3. The Morgan fingerprint density at radius 3 is 2.00 bits per heavy atom. The summed E-state index contributed by atoms with van der Waals surface area (Å²) in [6, 6.07) is 0. The van der Waals surface area contributed by atoms with E-state index in [0.717, 1.165) is 15.7 Å². The third-order valence-electron chi connectivity index (χ3n) is 0.894. The van der Waals surface area contributed by atoms with Gasteiger partial charge < -0.3 is 0 Å². The Kier molecular flexibility index (Phi) is 6.87. The molecule has 0 fully saturated rings. The molecule has 0 amide bonds. The van der Waals surface area contributed by atoms with Crippen molar-refractivity contribution >= 4 is 29.3 Å². The van der Waals surface area contributed by atoms with E-state index < -0.39 is 0 Å². The lowest BCUT2D eigenvalue weighted by Gasteiger charge is -2.00. The third kappa shape index (κ3) is 6.51. The smallest absolute Gasteiger partial charge is 0.154 e. The lowest BCUT2D eigenvalue weighted by atomic mass is 10.5. The Morgan fingerprint density at radius 2 is 1.73 bits per heavy atom. The number of hydrogen-bond donors (Lipinski definition) is 0. The zero-order chi connectivity index (χ0) is 8.69. The monoisotopic (exact) mass is 190 g/mol. The van der Waals surface area contributed by atoms with Crippen LogP contribution in [-0.4, -0.2) is 17.3 Å². The molecule has 0 bridgehead atoms. The van der Waals surface area contributed by atoms with Crippen LogP contribution in [0.3, 0.4) is 0 Å². The molecule has 0 aliphatic rings. The first-order chi connectivity index (χ1) is 5.20. The largest absolute Gasteiger partial charge is 0.295 e. The highest BCUT2D eigenvalue weighted by molar-refractivity contribution is 8.22. The highest BCUT2D eigenvalue weighted by Gasteiger charge is 1.97. The molecule has 0 unspecified atom stereocenters. The molecule has 0 atom stereocenters. The fourth-order valence-corrected chi connectivity index (χ4v) is 2.68. The van der Waals surface area contributed by atoms with Crippen LogP contribution in [0.2, 0.25) is 0 Å². The van der Waals surface area contributed by atoms with Gasteiger partial charge in [0.15, 0.2) is 5.78 Å². The lowest BCUT2D eigenvalue weighted by molar-refractivity contribution is -0.112. The second-order valence-corrected chi connectivity index (χ2v) is 4.81. The second kappa shape index (κ2) is 6.80. The van der Waals surface area contributed by atoms with Crippen molar-refractivity contribution in [3.63, 3.8) is 0 Å². The Bertz CT molecular complexity index is 144. The number of ketones is 1. The Morgan fingerprint density at radius 1 is 1.27 bits per heavy atom. The second-order valence-electron chi connectivity index (χ2n) is 1.94. The zero-order valence-corrected chi connectivity index (χ0v) is 8.85. The van der Waals surface area contributed by atoms with Gasteiger partial charge in [-0.3, -0.25) is 4.79 Å². The van der Waals surface area contributed by atoms with E-state index in [1.165, 1.54) is 0 Å². The number of carbonyl (C=O) groups excluding carboxylic acids is 1. The van der Waals surface area contributed by atoms with Crippen molar-refractivity contribution in [1.82, 2.24) is 0 Å². The maximum Gasteiger partial charge on any atom is 0.154 e. The Labute approximate surface area is 77.0 Å². The van der Waals surface area contributed by atoms with E-state index >= 15 is 0 Å². The zero-order valence-electron chi connectivity index (χ0n) is 7.22. The summed E-state index contributed by atoms with van der Waals surface area (Å²) in [5, 5.41) is 0. The van der Waals surface area contributed by atoms with Crippen LogP contribution in [0.5, 0.6) is 0 Å². The number of rotatable bonds is 5. The van der Waals surface area contributed by atoms with Gasteiger partial charge in [0.25, 0.3) is 0 Å². The first kappa shape index (κ1) is 11.1. The number of thioether (sulfide) groups is 2. The fourth-order valence-electron chi connectivity index (χ4n) is 0.575. The molecule has 0 aromatic rings. The van der Waals surface area contributed by atoms with Gasteiger partial charge in [-0.1, -0.05) is 13.8 Å². The van der Waals surface area contributed by atoms with Gasteiger partial charge in [-0.2, -0.15) is 0 Å². The van der Waals surface area contributed by atoms with Crippen LogP contribution < -0.4 is 0 Å². The van der Waals surface area contributed by atoms with Crippen LogP contribution in [0.25, 0.3) is 0 Å². The molecule has 0 aliphatic heterocycles. The molecule has 0 aliphatic carbocycles. The van der Waals surface area contributed by atoms with Gasteiger partial charge in [-0.25, -0.2) is 0 Å². The van der Waals surface area contributed by atoms with Gasteiger partial charge in [0.1, 0.15) is 0 Å². The molecule has 0 saturated carbocycles. The van der Waals surface area contributed by atoms with Crippen molar-refractivity contribution in [1.29, 1.82) is 0 Å². The predicted octanol–water partition coefficient (Wildman–Crippen LogP) is 2.92. The van der Waals surface area contributed by atoms with Crippen molar-refractivity contribution < 1.29 is 4.79 Å². The van der Waals surface area contributed by atoms with E-state index in [4.69, 9.17) is 0 Å². The summed E-state index contributed by atoms with van der Waals surface area (Å²) in [6.45, 7) is 5.77. The molecular weight excluding hydrogens is 176 g/mol. The molecule has 3 heteroatoms. The first-order valence-electron chi connectivity index (χ1n) is 3.68. The summed E-state index contributed by atoms with van der Waals surface area (Å²) in [4.78, 5) is 10.7. The minimum atomic E-state index is 0.141. The van der Waals surface area contributed by atoms with Gasteiger partial charge in [0.2, 0.25) is 0 Å². The van der Waals surface area contributed by atoms with Gasteiger partial charge in [0.05, 0.1) is 0 Å². The lowest BCUT2D eigenvalue weighted by Crippen LogP contribution is -1.84. The fraction of sp³-hybridized carbons (Fsp3) is 0.625. The van der Waals surface area contributed by atoms with Crippen LogP contribution in [-0.2, 0) is 4.79 Å². The third-order valence-corrected chi connectivity index (χ3v) is 2.98. The van der Waals surface area contributed by atoms with Crippen molar-refractivity contribution in [3.8, 4) is 0 Å². The quantitative estimate of drug-likeness (QED) is 0.620. The minimum absolute atomic E-state index is 0.141. The predicted molar refractivity (Wildman–Crippen MR) is 55.0 cm³/mol. The van der Waals surface area contributed by atoms with Crippen LogP contribution in [0.4, 0.5) is 0 Å². The first-order valence-corrected chi connectivity index (χ1v) is 5.65. The van der Waals surface area contributed by atoms with Crippen LogP contribution >= 0.6 is 23.5 Å². The molecule has 0 aromatic heterocycles. The van der Waals surface area contributed by atoms with E-state index in [1.54, 1.807) is 36.5 Å². The van der Waals surface area contributed by atoms with Crippen molar-refractivity contribution in [3.05, 3.63) is 10.3 Å². The summed E-state index contributed by atoms with van der Waals surface area (Å²) < 4.78 is 1.14. The molecule has 64 valence electrons. The molecule has 0 rings (SSSR count). The van der Waals surface area contributed by atoms with Crippen LogP contribution in [0.15, 0.2) is 10.3 Å². The van der Waals surface area contributed by atoms with E-state index in [1.807, 2.05) is 0 Å². The van der Waals surface area contributed by atoms with Crippen LogP contribution in [0, 0.1) is 0 Å². The maximum atomic E-state index is 10.7. The van der Waals surface area contributed by atoms with Gasteiger partial charge in [-0.05, 0) is 18.4 Å². The maximum absolute atomic E-state index is 10.7. The summed E-state index contributed by atoms with van der Waals surface area (Å²) in [6.07, 6.45) is 1.71. The van der Waals surface area contributed by atoms with Crippen molar-refractivity contribution in [2.24, 2.45) is 0 Å². The van der Waals surface area contributed by atoms with Crippen molar-refractivity contribution in [2.75, 3.05) is 11.5 Å². The molecule has 1 nitrogen and oxygen atoms in total. The minimum Gasteiger partial charge on any atom is -0.295 e. The molecule has 0 saturated heterocycles. The van der Waals surface area contributed by atoms with E-state index in [0.29, 0.717) is 0 Å². The number of allylic oxidation sites excluding steroid dienone is 1. The Balaban J connectivity index is 3.96. The standard InChI is InChI=1S/C8H14OS2/c1-4-10-8(11-5-2)6-7(3)9/h6H,4-5H2,1-3H3. The van der Waals surface area contributed by atoms with Crippen LogP contribution in [0.1, 0.15) is 20.8 Å². The average Bonchev–Trinajstić information content (AvgIpc) is 1.87. The summed E-state index contributed by atoms with van der Waals surface area (Å²) in [5.41, 5.74) is 0. The molecule has 0 heterocycles. The summed E-state index contributed by atoms with van der Waals surface area (Å²) in [5.74, 6) is 2.21. The molecule has 11 heavy (non-hydrogen) atoms. The Hall–Kier alpha value is 0.110. The van der Waals surface area contributed by atoms with Crippen molar-refractivity contribution in [2.45, 2.75) is 20.8 Å². The normalized spacial score (nSPS) is 9.36. The van der Waals surface area contributed by atoms with E-state index in [9.17, 15) is 4.79 Å². The van der Waals surface area contributed by atoms with E-state index in [-0.39, 0.29) is 5.78 Å². The summed E-state index contributed by atoms with van der Waals surface area (Å²) >= 11 is 3.47. The summed E-state index contributed by atoms with van der Waals surface area (Å²) in [7, 11) is 0.